The molecule has 3 heteroatoms. The van der Waals surface area contributed by atoms with E-state index in [2.05, 4.69) is 6.92 Å². The van der Waals surface area contributed by atoms with Gasteiger partial charge in [-0.1, -0.05) is 19.8 Å². The highest BCUT2D eigenvalue weighted by atomic mass is 32.2. The molecule has 2 unspecified atom stereocenters. The molecule has 2 atom stereocenters. The third-order valence-corrected chi connectivity index (χ3v) is 6.81. The van der Waals surface area contributed by atoms with Crippen LogP contribution in [0.25, 0.3) is 0 Å². The van der Waals surface area contributed by atoms with E-state index < -0.39 is 10.8 Å². The first-order valence-corrected chi connectivity index (χ1v) is 10.4. The van der Waals surface area contributed by atoms with Gasteiger partial charge in [-0.05, 0) is 68.8 Å². The van der Waals surface area contributed by atoms with Gasteiger partial charge >= 0.3 is 0 Å². The minimum atomic E-state index is -0.559. The zero-order valence-electron chi connectivity index (χ0n) is 13.7. The van der Waals surface area contributed by atoms with Gasteiger partial charge in [0.05, 0.1) is 12.9 Å². The number of hydrogen-bond acceptors (Lipinski definition) is 2. The van der Waals surface area contributed by atoms with Crippen LogP contribution in [-0.2, 0) is 15.5 Å². The van der Waals surface area contributed by atoms with Crippen LogP contribution in [0.15, 0.2) is 11.8 Å². The van der Waals surface area contributed by atoms with Gasteiger partial charge in [-0.25, -0.2) is 0 Å². The van der Waals surface area contributed by atoms with E-state index in [9.17, 15) is 4.21 Å². The summed E-state index contributed by atoms with van der Waals surface area (Å²) in [5.74, 6) is 1.84. The van der Waals surface area contributed by atoms with Crippen LogP contribution < -0.4 is 0 Å². The molecule has 1 saturated heterocycles. The summed E-state index contributed by atoms with van der Waals surface area (Å²) in [6, 6.07) is 0. The molecule has 0 N–H and O–H groups in total. The molecule has 1 aliphatic heterocycles. The molecule has 0 bridgehead atoms. The Labute approximate surface area is 133 Å². The normalized spacial score (nSPS) is 30.7. The lowest BCUT2D eigenvalue weighted by Gasteiger charge is -2.31. The Morgan fingerprint density at radius 2 is 1.95 bits per heavy atom. The van der Waals surface area contributed by atoms with Crippen LogP contribution in [0.5, 0.6) is 0 Å². The van der Waals surface area contributed by atoms with Gasteiger partial charge in [-0.15, -0.1) is 0 Å². The molecule has 0 radical (unpaired) electrons. The van der Waals surface area contributed by atoms with E-state index in [0.717, 1.165) is 37.4 Å². The lowest BCUT2D eigenvalue weighted by atomic mass is 9.75. The second-order valence-electron chi connectivity index (χ2n) is 6.87. The highest BCUT2D eigenvalue weighted by Crippen LogP contribution is 2.39. The van der Waals surface area contributed by atoms with E-state index in [1.807, 2.05) is 6.26 Å². The van der Waals surface area contributed by atoms with Crippen molar-refractivity contribution in [1.82, 2.24) is 0 Å². The Balaban J connectivity index is 1.69. The average molecular weight is 313 g/mol. The van der Waals surface area contributed by atoms with Crippen molar-refractivity contribution in [1.29, 1.82) is 0 Å². The molecule has 0 aromatic rings. The Morgan fingerprint density at radius 1 is 1.14 bits per heavy atom. The van der Waals surface area contributed by atoms with E-state index in [0.29, 0.717) is 5.41 Å². The van der Waals surface area contributed by atoms with Crippen LogP contribution in [0.2, 0.25) is 0 Å². The predicted octanol–water partition coefficient (Wildman–Crippen LogP) is 4.96. The maximum absolute atomic E-state index is 11.7. The topological polar surface area (TPSA) is 26.3 Å². The number of ether oxygens (including phenoxy) is 1. The Kier molecular flexibility index (Phi) is 7.28. The maximum atomic E-state index is 11.7. The molecule has 1 aliphatic carbocycles. The molecule has 1 saturated carbocycles. The van der Waals surface area contributed by atoms with Gasteiger partial charge in [-0.3, -0.25) is 4.21 Å². The molecule has 122 valence electrons. The summed E-state index contributed by atoms with van der Waals surface area (Å²) in [6.07, 6.45) is 15.8. The fourth-order valence-electron chi connectivity index (χ4n) is 3.78. The van der Waals surface area contributed by atoms with Gasteiger partial charge in [0.1, 0.15) is 0 Å². The molecule has 0 amide bonds. The summed E-state index contributed by atoms with van der Waals surface area (Å²) >= 11 is 0. The Hall–Kier alpha value is -0.310. The summed E-state index contributed by atoms with van der Waals surface area (Å²) < 4.78 is 17.5. The SMILES string of the molecule is CCC1(CCCOC=C2CCCCC2)CCCS(=O)CC1. The highest BCUT2D eigenvalue weighted by Gasteiger charge is 2.30. The molecular formula is C18H32O2S. The van der Waals surface area contributed by atoms with Crippen molar-refractivity contribution in [2.24, 2.45) is 5.41 Å². The Bertz CT molecular complexity index is 356. The summed E-state index contributed by atoms with van der Waals surface area (Å²) in [5, 5.41) is 0. The minimum Gasteiger partial charge on any atom is -0.501 e. The van der Waals surface area contributed by atoms with Crippen LogP contribution in [0, 0.1) is 5.41 Å². The molecule has 21 heavy (non-hydrogen) atoms. The van der Waals surface area contributed by atoms with Crippen molar-refractivity contribution in [2.45, 2.75) is 77.6 Å². The Morgan fingerprint density at radius 3 is 2.71 bits per heavy atom. The minimum absolute atomic E-state index is 0.438. The highest BCUT2D eigenvalue weighted by molar-refractivity contribution is 7.84. The molecule has 0 aromatic carbocycles. The molecular weight excluding hydrogens is 280 g/mol. The van der Waals surface area contributed by atoms with E-state index in [1.54, 1.807) is 0 Å². The maximum Gasteiger partial charge on any atom is 0.0873 e. The summed E-state index contributed by atoms with van der Waals surface area (Å²) in [7, 11) is -0.559. The van der Waals surface area contributed by atoms with Crippen LogP contribution in [0.4, 0.5) is 0 Å². The lowest BCUT2D eigenvalue weighted by molar-refractivity contribution is 0.174. The van der Waals surface area contributed by atoms with Crippen molar-refractivity contribution in [3.63, 3.8) is 0 Å². The van der Waals surface area contributed by atoms with Gasteiger partial charge < -0.3 is 4.74 Å². The molecule has 2 aliphatic rings. The van der Waals surface area contributed by atoms with Crippen LogP contribution in [-0.4, -0.2) is 22.3 Å². The molecule has 0 spiro atoms. The van der Waals surface area contributed by atoms with E-state index in [1.165, 1.54) is 56.9 Å². The fourth-order valence-corrected chi connectivity index (χ4v) is 5.11. The monoisotopic (exact) mass is 312 g/mol. The largest absolute Gasteiger partial charge is 0.501 e. The van der Waals surface area contributed by atoms with Crippen molar-refractivity contribution >= 4 is 10.8 Å². The van der Waals surface area contributed by atoms with E-state index in [4.69, 9.17) is 4.74 Å². The summed E-state index contributed by atoms with van der Waals surface area (Å²) in [5.41, 5.74) is 1.95. The zero-order valence-corrected chi connectivity index (χ0v) is 14.5. The first kappa shape index (κ1) is 17.1. The van der Waals surface area contributed by atoms with Gasteiger partial charge in [0, 0.05) is 22.3 Å². The van der Waals surface area contributed by atoms with Gasteiger partial charge in [0.15, 0.2) is 0 Å². The van der Waals surface area contributed by atoms with Crippen LogP contribution in [0.3, 0.4) is 0 Å². The molecule has 2 rings (SSSR count). The quantitative estimate of drug-likeness (QED) is 0.512. The van der Waals surface area contributed by atoms with Crippen LogP contribution in [0.1, 0.15) is 77.6 Å². The van der Waals surface area contributed by atoms with E-state index in [-0.39, 0.29) is 0 Å². The zero-order chi connectivity index (χ0) is 15.0. The van der Waals surface area contributed by atoms with Crippen molar-refractivity contribution in [3.05, 3.63) is 11.8 Å². The molecule has 0 aromatic heterocycles. The number of hydrogen-bond donors (Lipinski definition) is 0. The van der Waals surface area contributed by atoms with Crippen molar-refractivity contribution in [3.8, 4) is 0 Å². The molecule has 2 fully saturated rings. The lowest BCUT2D eigenvalue weighted by Crippen LogP contribution is -2.21. The fraction of sp³-hybridized carbons (Fsp3) is 0.889. The van der Waals surface area contributed by atoms with Crippen LogP contribution >= 0.6 is 0 Å². The van der Waals surface area contributed by atoms with E-state index >= 15 is 0 Å². The van der Waals surface area contributed by atoms with Crippen molar-refractivity contribution < 1.29 is 8.95 Å². The molecule has 2 nitrogen and oxygen atoms in total. The third-order valence-electron chi connectivity index (χ3n) is 5.40. The average Bonchev–Trinajstić information content (AvgIpc) is 2.71. The summed E-state index contributed by atoms with van der Waals surface area (Å²) in [6.45, 7) is 3.16. The third kappa shape index (κ3) is 5.77. The molecule has 1 heterocycles. The van der Waals surface area contributed by atoms with Gasteiger partial charge in [-0.2, -0.15) is 0 Å². The predicted molar refractivity (Wildman–Crippen MR) is 90.8 cm³/mol. The standard InChI is InChI=1S/C18H32O2S/c1-2-18(11-7-14-21(19)15-12-18)10-6-13-20-16-17-8-4-3-5-9-17/h16H,2-15H2,1H3. The number of rotatable bonds is 6. The first-order valence-electron chi connectivity index (χ1n) is 8.89. The van der Waals surface area contributed by atoms with Gasteiger partial charge in [0.2, 0.25) is 0 Å². The van der Waals surface area contributed by atoms with Crippen molar-refractivity contribution in [2.75, 3.05) is 18.1 Å². The first-order chi connectivity index (χ1) is 10.2. The number of allylic oxidation sites excluding steroid dienone is 1. The second kappa shape index (κ2) is 8.97. The smallest absolute Gasteiger partial charge is 0.0873 e. The second-order valence-corrected chi connectivity index (χ2v) is 8.56. The van der Waals surface area contributed by atoms with Gasteiger partial charge in [0.25, 0.3) is 0 Å². The summed E-state index contributed by atoms with van der Waals surface area (Å²) in [4.78, 5) is 0.